The fraction of sp³-hybridized carbons (Fsp3) is 0.385. The van der Waals surface area contributed by atoms with Crippen LogP contribution in [0.4, 0.5) is 4.79 Å². The molecule has 1 saturated heterocycles. The number of esters is 1. The van der Waals surface area contributed by atoms with E-state index in [1.807, 2.05) is 6.92 Å². The molecule has 9 nitrogen and oxygen atoms in total. The van der Waals surface area contributed by atoms with E-state index in [9.17, 15) is 18.0 Å². The van der Waals surface area contributed by atoms with Crippen LogP contribution in [0.3, 0.4) is 0 Å². The Morgan fingerprint density at radius 2 is 1.78 bits per heavy atom. The van der Waals surface area contributed by atoms with Crippen molar-refractivity contribution in [1.82, 2.24) is 19.4 Å². The molecule has 0 unspecified atom stereocenters. The van der Waals surface area contributed by atoms with Gasteiger partial charge < -0.3 is 10.1 Å². The van der Waals surface area contributed by atoms with Gasteiger partial charge in [-0.3, -0.25) is 9.80 Å². The third kappa shape index (κ3) is 5.67. The number of nitrogens with zero attached hydrogens (tertiary/aromatic N) is 3. The van der Waals surface area contributed by atoms with Gasteiger partial charge in [0.2, 0.25) is 10.0 Å². The summed E-state index contributed by atoms with van der Waals surface area (Å²) in [5, 5.41) is 3.44. The van der Waals surface area contributed by atoms with Crippen LogP contribution >= 0.6 is 11.6 Å². The summed E-state index contributed by atoms with van der Waals surface area (Å²) in [4.78, 5) is 29.8. The second-order valence-corrected chi connectivity index (χ2v) is 11.4. The van der Waals surface area contributed by atoms with Crippen molar-refractivity contribution in [1.29, 1.82) is 0 Å². The Labute approximate surface area is 222 Å². The van der Waals surface area contributed by atoms with Crippen molar-refractivity contribution in [3.05, 3.63) is 76.5 Å². The van der Waals surface area contributed by atoms with E-state index in [-0.39, 0.29) is 36.7 Å². The fourth-order valence-corrected chi connectivity index (χ4v) is 6.52. The molecule has 2 atom stereocenters. The Morgan fingerprint density at radius 3 is 2.41 bits per heavy atom. The number of hydrogen-bond acceptors (Lipinski definition) is 6. The van der Waals surface area contributed by atoms with Crippen molar-refractivity contribution in [2.45, 2.75) is 30.8 Å². The minimum atomic E-state index is -3.63. The third-order valence-corrected chi connectivity index (χ3v) is 8.93. The summed E-state index contributed by atoms with van der Waals surface area (Å²) < 4.78 is 33.3. The molecule has 0 radical (unpaired) electrons. The first kappa shape index (κ1) is 27.1. The van der Waals surface area contributed by atoms with Crippen LogP contribution in [0, 0.1) is 0 Å². The maximum Gasteiger partial charge on any atom is 0.338 e. The Morgan fingerprint density at radius 1 is 1.11 bits per heavy atom. The summed E-state index contributed by atoms with van der Waals surface area (Å²) in [6.45, 7) is 5.23. The summed E-state index contributed by atoms with van der Waals surface area (Å²) >= 11 is 6.05. The summed E-state index contributed by atoms with van der Waals surface area (Å²) in [5.74, 6) is -0.511. The van der Waals surface area contributed by atoms with Gasteiger partial charge in [-0.1, -0.05) is 41.9 Å². The minimum absolute atomic E-state index is 0.188. The van der Waals surface area contributed by atoms with Gasteiger partial charge in [-0.25, -0.2) is 18.0 Å². The molecule has 0 saturated carbocycles. The Balaban J connectivity index is 1.62. The normalized spacial score (nSPS) is 21.6. The fourth-order valence-electron chi connectivity index (χ4n) is 4.76. The molecule has 198 valence electrons. The smallest absolute Gasteiger partial charge is 0.338 e. The van der Waals surface area contributed by atoms with Crippen LogP contribution in [0.1, 0.15) is 25.5 Å². The third-order valence-electron chi connectivity index (χ3n) is 6.65. The van der Waals surface area contributed by atoms with Gasteiger partial charge in [0.1, 0.15) is 0 Å². The van der Waals surface area contributed by atoms with E-state index in [0.29, 0.717) is 34.9 Å². The number of benzene rings is 2. The molecule has 2 aromatic carbocycles. The number of hydrogen-bond donors (Lipinski definition) is 1. The van der Waals surface area contributed by atoms with E-state index in [0.717, 1.165) is 0 Å². The molecule has 2 amide bonds. The highest BCUT2D eigenvalue weighted by Gasteiger charge is 2.39. The van der Waals surface area contributed by atoms with Gasteiger partial charge in [-0.15, -0.1) is 0 Å². The number of carbonyl (C=O) groups is 2. The molecule has 2 aliphatic heterocycles. The Kier molecular flexibility index (Phi) is 8.23. The number of amides is 2. The lowest BCUT2D eigenvalue weighted by molar-refractivity contribution is -0.139. The zero-order valence-corrected chi connectivity index (χ0v) is 22.6. The highest BCUT2D eigenvalue weighted by molar-refractivity contribution is 7.89. The molecule has 0 aromatic heterocycles. The van der Waals surface area contributed by atoms with Gasteiger partial charge in [0.15, 0.2) is 0 Å². The average Bonchev–Trinajstić information content (AvgIpc) is 2.87. The van der Waals surface area contributed by atoms with Crippen molar-refractivity contribution >= 4 is 33.6 Å². The number of rotatable bonds is 7. The van der Waals surface area contributed by atoms with E-state index in [2.05, 4.69) is 10.2 Å². The number of urea groups is 1. The molecule has 0 spiro atoms. The molecule has 0 bridgehead atoms. The van der Waals surface area contributed by atoms with Gasteiger partial charge in [-0.05, 0) is 43.7 Å². The maximum absolute atomic E-state index is 13.2. The lowest BCUT2D eigenvalue weighted by Gasteiger charge is -2.41. The van der Waals surface area contributed by atoms with Crippen LogP contribution < -0.4 is 5.32 Å². The van der Waals surface area contributed by atoms with Crippen molar-refractivity contribution < 1.29 is 22.7 Å². The monoisotopic (exact) mass is 546 g/mol. The lowest BCUT2D eigenvalue weighted by Crippen LogP contribution is -2.56. The standard InChI is InChI=1S/C26H31ClN4O5S/c1-4-36-25(32)23-22(29(3)26(33)28-24(23)19-10-12-20(27)13-11-19)17-30-14-15-31(18(2)16-30)37(34,35)21-8-6-5-7-9-21/h5-13,18,24H,4,14-17H2,1-3H3,(H,28,33)/t18-,24+/m1/s1. The predicted octanol–water partition coefficient (Wildman–Crippen LogP) is 3.25. The van der Waals surface area contributed by atoms with Crippen LogP contribution in [0.15, 0.2) is 70.8 Å². The largest absolute Gasteiger partial charge is 0.463 e. The molecule has 0 aliphatic carbocycles. The molecular weight excluding hydrogens is 516 g/mol. The zero-order chi connectivity index (χ0) is 26.7. The number of piperazine rings is 1. The van der Waals surface area contributed by atoms with E-state index < -0.39 is 22.0 Å². The highest BCUT2D eigenvalue weighted by Crippen LogP contribution is 2.32. The molecular formula is C26H31ClN4O5S. The molecule has 11 heteroatoms. The highest BCUT2D eigenvalue weighted by atomic mass is 35.5. The second kappa shape index (κ2) is 11.2. The topological polar surface area (TPSA) is 99.3 Å². The van der Waals surface area contributed by atoms with Crippen LogP contribution in [-0.4, -0.2) is 80.4 Å². The SMILES string of the molecule is CCOC(=O)C1=C(CN2CCN(S(=O)(=O)c3ccccc3)[C@H](C)C2)N(C)C(=O)N[C@H]1c1ccc(Cl)cc1. The first-order chi connectivity index (χ1) is 17.6. The summed E-state index contributed by atoms with van der Waals surface area (Å²) in [6, 6.07) is 14.0. The zero-order valence-electron chi connectivity index (χ0n) is 21.1. The summed E-state index contributed by atoms with van der Waals surface area (Å²) in [7, 11) is -2.02. The van der Waals surface area contributed by atoms with Gasteiger partial charge >= 0.3 is 12.0 Å². The molecule has 1 N–H and O–H groups in total. The van der Waals surface area contributed by atoms with E-state index in [4.69, 9.17) is 16.3 Å². The van der Waals surface area contributed by atoms with E-state index in [1.54, 1.807) is 68.6 Å². The number of likely N-dealkylation sites (N-methyl/N-ethyl adjacent to an activating group) is 1. The molecule has 37 heavy (non-hydrogen) atoms. The van der Waals surface area contributed by atoms with Crippen LogP contribution in [0.2, 0.25) is 5.02 Å². The van der Waals surface area contributed by atoms with Crippen LogP contribution in [0.5, 0.6) is 0 Å². The van der Waals surface area contributed by atoms with Crippen molar-refractivity contribution in [3.8, 4) is 0 Å². The number of halogens is 1. The van der Waals surface area contributed by atoms with Crippen molar-refractivity contribution in [3.63, 3.8) is 0 Å². The average molecular weight is 547 g/mol. The molecule has 4 rings (SSSR count). The number of ether oxygens (including phenoxy) is 1. The summed E-state index contributed by atoms with van der Waals surface area (Å²) in [6.07, 6.45) is 0. The maximum atomic E-state index is 13.2. The first-order valence-corrected chi connectivity index (χ1v) is 13.9. The lowest BCUT2D eigenvalue weighted by atomic mass is 9.94. The van der Waals surface area contributed by atoms with Crippen molar-refractivity contribution in [2.24, 2.45) is 0 Å². The molecule has 1 fully saturated rings. The molecule has 2 heterocycles. The van der Waals surface area contributed by atoms with E-state index >= 15 is 0 Å². The van der Waals surface area contributed by atoms with E-state index in [1.165, 1.54) is 9.21 Å². The predicted molar refractivity (Wildman–Crippen MR) is 140 cm³/mol. The van der Waals surface area contributed by atoms with Crippen molar-refractivity contribution in [2.75, 3.05) is 39.8 Å². The number of carbonyl (C=O) groups excluding carboxylic acids is 2. The Bertz CT molecular complexity index is 1280. The van der Waals surface area contributed by atoms with Gasteiger partial charge in [0.25, 0.3) is 0 Å². The van der Waals surface area contributed by atoms with Gasteiger partial charge in [0, 0.05) is 50.0 Å². The quantitative estimate of drug-likeness (QED) is 0.535. The first-order valence-electron chi connectivity index (χ1n) is 12.1. The summed E-state index contributed by atoms with van der Waals surface area (Å²) in [5.41, 5.74) is 1.57. The number of nitrogens with one attached hydrogen (secondary N) is 1. The number of sulfonamides is 1. The molecule has 2 aromatic rings. The minimum Gasteiger partial charge on any atom is -0.463 e. The van der Waals surface area contributed by atoms with Crippen LogP contribution in [0.25, 0.3) is 0 Å². The Hall–Kier alpha value is -2.92. The van der Waals surface area contributed by atoms with Gasteiger partial charge in [0.05, 0.1) is 23.1 Å². The molecule has 2 aliphatic rings. The van der Waals surface area contributed by atoms with Crippen LogP contribution in [-0.2, 0) is 19.6 Å². The second-order valence-electron chi connectivity index (χ2n) is 9.09. The van der Waals surface area contributed by atoms with Gasteiger partial charge in [-0.2, -0.15) is 4.31 Å².